The number of fused-ring (bicyclic) bond motifs is 2. The quantitative estimate of drug-likeness (QED) is 0.280. The Labute approximate surface area is 207 Å². The molecule has 1 saturated carbocycles. The second-order valence-electron chi connectivity index (χ2n) is 8.51. The standard InChI is InChI=1S/C27H21Cl2N5/c1-16-21(6-4-12-30-16)32-23-14-25-27(15-24(23)31-17-8-9-17)34(18-10-11-19(28)20(29)13-18)26-7-3-2-5-22(26)33-25/h2-7,10-15,17,32H,8-9H2,1H3. The molecule has 168 valence electrons. The first-order valence-corrected chi connectivity index (χ1v) is 12.0. The summed E-state index contributed by atoms with van der Waals surface area (Å²) in [7, 11) is 0. The minimum atomic E-state index is 0.361. The molecule has 34 heavy (non-hydrogen) atoms. The second kappa shape index (κ2) is 8.42. The highest BCUT2D eigenvalue weighted by Crippen LogP contribution is 2.33. The van der Waals surface area contributed by atoms with Crippen LogP contribution in [0.25, 0.3) is 28.1 Å². The van der Waals surface area contributed by atoms with Gasteiger partial charge in [-0.15, -0.1) is 0 Å². The average molecular weight is 486 g/mol. The van der Waals surface area contributed by atoms with Gasteiger partial charge in [0, 0.05) is 11.9 Å². The Morgan fingerprint density at radius 3 is 2.59 bits per heavy atom. The van der Waals surface area contributed by atoms with Gasteiger partial charge in [0.1, 0.15) is 0 Å². The maximum Gasteiger partial charge on any atom is 0.0900 e. The van der Waals surface area contributed by atoms with Crippen LogP contribution >= 0.6 is 23.2 Å². The van der Waals surface area contributed by atoms with Gasteiger partial charge in [-0.05, 0) is 74.4 Å². The van der Waals surface area contributed by atoms with Gasteiger partial charge in [0.25, 0.3) is 0 Å². The highest BCUT2D eigenvalue weighted by molar-refractivity contribution is 6.42. The SMILES string of the molecule is Cc1ncccc1Nc1cc2nc3ccccc3n(-c3ccc(Cl)c(Cl)c3)c-2cc1=NC1CC1. The summed E-state index contributed by atoms with van der Waals surface area (Å²) in [5.41, 5.74) is 7.38. The number of hydrogen-bond donors (Lipinski definition) is 1. The topological polar surface area (TPSA) is 55.1 Å². The van der Waals surface area contributed by atoms with Gasteiger partial charge >= 0.3 is 0 Å². The molecule has 2 heterocycles. The van der Waals surface area contributed by atoms with Crippen LogP contribution in [0, 0.1) is 6.92 Å². The van der Waals surface area contributed by atoms with Crippen molar-refractivity contribution in [3.63, 3.8) is 0 Å². The van der Waals surface area contributed by atoms with E-state index < -0.39 is 0 Å². The maximum absolute atomic E-state index is 6.41. The Hall–Kier alpha value is -3.41. The van der Waals surface area contributed by atoms with E-state index in [0.717, 1.165) is 63.4 Å². The number of halogens is 2. The molecule has 1 aromatic heterocycles. The molecule has 2 aromatic carbocycles. The average Bonchev–Trinajstić information content (AvgIpc) is 3.65. The van der Waals surface area contributed by atoms with E-state index in [9.17, 15) is 0 Å². The lowest BCUT2D eigenvalue weighted by Gasteiger charge is -2.20. The van der Waals surface area contributed by atoms with Crippen molar-refractivity contribution < 1.29 is 0 Å². The van der Waals surface area contributed by atoms with Crippen molar-refractivity contribution >= 4 is 45.6 Å². The van der Waals surface area contributed by atoms with Crippen molar-refractivity contribution in [2.75, 3.05) is 5.32 Å². The highest BCUT2D eigenvalue weighted by Gasteiger charge is 2.22. The van der Waals surface area contributed by atoms with Crippen molar-refractivity contribution in [2.45, 2.75) is 25.8 Å². The summed E-state index contributed by atoms with van der Waals surface area (Å²) >= 11 is 12.6. The number of para-hydroxylation sites is 2. The van der Waals surface area contributed by atoms with E-state index in [2.05, 4.69) is 33.1 Å². The molecule has 1 fully saturated rings. The lowest BCUT2D eigenvalue weighted by Crippen LogP contribution is -2.16. The molecule has 0 spiro atoms. The van der Waals surface area contributed by atoms with E-state index in [4.69, 9.17) is 33.2 Å². The molecule has 0 atom stereocenters. The zero-order valence-corrected chi connectivity index (χ0v) is 20.0. The van der Waals surface area contributed by atoms with Crippen molar-refractivity contribution in [1.29, 1.82) is 0 Å². The smallest absolute Gasteiger partial charge is 0.0900 e. The molecule has 3 aliphatic rings. The Bertz CT molecular complexity index is 1590. The van der Waals surface area contributed by atoms with Gasteiger partial charge in [0.2, 0.25) is 0 Å². The fraction of sp³-hybridized carbons (Fsp3) is 0.148. The first-order chi connectivity index (χ1) is 16.6. The van der Waals surface area contributed by atoms with Gasteiger partial charge in [-0.3, -0.25) is 9.98 Å². The van der Waals surface area contributed by atoms with Crippen LogP contribution in [0.1, 0.15) is 18.5 Å². The predicted molar refractivity (Wildman–Crippen MR) is 139 cm³/mol. The summed E-state index contributed by atoms with van der Waals surface area (Å²) in [6.07, 6.45) is 4.03. The van der Waals surface area contributed by atoms with Crippen LogP contribution in [0.5, 0.6) is 0 Å². The zero-order chi connectivity index (χ0) is 23.2. The third-order valence-corrected chi connectivity index (χ3v) is 6.74. The van der Waals surface area contributed by atoms with E-state index in [1.54, 1.807) is 6.20 Å². The van der Waals surface area contributed by atoms with Gasteiger partial charge in [-0.25, -0.2) is 4.98 Å². The second-order valence-corrected chi connectivity index (χ2v) is 9.33. The minimum Gasteiger partial charge on any atom is -0.352 e. The van der Waals surface area contributed by atoms with Crippen molar-refractivity contribution in [3.8, 4) is 17.1 Å². The van der Waals surface area contributed by atoms with Crippen LogP contribution in [0.2, 0.25) is 10.0 Å². The first-order valence-electron chi connectivity index (χ1n) is 11.2. The largest absolute Gasteiger partial charge is 0.352 e. The van der Waals surface area contributed by atoms with Gasteiger partial charge in [0.05, 0.1) is 60.9 Å². The van der Waals surface area contributed by atoms with E-state index in [-0.39, 0.29) is 0 Å². The fourth-order valence-electron chi connectivity index (χ4n) is 4.11. The number of rotatable bonds is 4. The van der Waals surface area contributed by atoms with Crippen LogP contribution in [-0.2, 0) is 0 Å². The molecular weight excluding hydrogens is 465 g/mol. The lowest BCUT2D eigenvalue weighted by atomic mass is 10.1. The molecule has 5 nitrogen and oxygen atoms in total. The molecular formula is C27H21Cl2N5. The van der Waals surface area contributed by atoms with Gasteiger partial charge < -0.3 is 9.88 Å². The number of pyridine rings is 1. The number of anilines is 2. The molecule has 3 aromatic rings. The van der Waals surface area contributed by atoms with Crippen molar-refractivity contribution in [2.24, 2.45) is 4.99 Å². The molecule has 0 saturated heterocycles. The van der Waals surface area contributed by atoms with Crippen LogP contribution in [0.4, 0.5) is 11.4 Å². The lowest BCUT2D eigenvalue weighted by molar-refractivity contribution is 0.997. The van der Waals surface area contributed by atoms with E-state index in [1.807, 2.05) is 55.5 Å². The third-order valence-electron chi connectivity index (χ3n) is 6.00. The number of aromatic nitrogens is 3. The number of nitrogens with one attached hydrogen (secondary N) is 1. The van der Waals surface area contributed by atoms with E-state index in [0.29, 0.717) is 16.1 Å². The summed E-state index contributed by atoms with van der Waals surface area (Å²) in [5.74, 6) is 0. The molecule has 0 amide bonds. The molecule has 0 unspecified atom stereocenters. The summed E-state index contributed by atoms with van der Waals surface area (Å²) in [6.45, 7) is 1.99. The molecule has 0 radical (unpaired) electrons. The third kappa shape index (κ3) is 3.91. The first kappa shape index (κ1) is 21.1. The fourth-order valence-corrected chi connectivity index (χ4v) is 4.41. The minimum absolute atomic E-state index is 0.361. The molecule has 6 rings (SSSR count). The summed E-state index contributed by atoms with van der Waals surface area (Å²) in [4.78, 5) is 14.4. The van der Waals surface area contributed by atoms with Crippen LogP contribution in [0.15, 0.2) is 77.9 Å². The zero-order valence-electron chi connectivity index (χ0n) is 18.5. The number of aryl methyl sites for hydroxylation is 1. The monoisotopic (exact) mass is 485 g/mol. The van der Waals surface area contributed by atoms with Crippen LogP contribution in [-0.4, -0.2) is 20.6 Å². The highest BCUT2D eigenvalue weighted by atomic mass is 35.5. The van der Waals surface area contributed by atoms with Gasteiger partial charge in [0.15, 0.2) is 0 Å². The normalized spacial score (nSPS) is 14.1. The summed E-state index contributed by atoms with van der Waals surface area (Å²) in [5, 5.41) is 5.49. The number of hydrogen-bond acceptors (Lipinski definition) is 4. The van der Waals surface area contributed by atoms with Crippen molar-refractivity contribution in [3.05, 3.63) is 94.0 Å². The molecule has 0 bridgehead atoms. The predicted octanol–water partition coefficient (Wildman–Crippen LogP) is 6.95. The van der Waals surface area contributed by atoms with Gasteiger partial charge in [-0.2, -0.15) is 0 Å². The van der Waals surface area contributed by atoms with E-state index >= 15 is 0 Å². The molecule has 7 heteroatoms. The van der Waals surface area contributed by atoms with Crippen LogP contribution in [0.3, 0.4) is 0 Å². The molecule has 1 N–H and O–H groups in total. The Morgan fingerprint density at radius 1 is 0.941 bits per heavy atom. The summed E-state index contributed by atoms with van der Waals surface area (Å²) in [6, 6.07) is 22.3. The Balaban J connectivity index is 1.65. The maximum atomic E-state index is 6.41. The Morgan fingerprint density at radius 2 is 1.79 bits per heavy atom. The van der Waals surface area contributed by atoms with Crippen LogP contribution < -0.4 is 10.7 Å². The van der Waals surface area contributed by atoms with Gasteiger partial charge in [-0.1, -0.05) is 35.3 Å². The van der Waals surface area contributed by atoms with Crippen molar-refractivity contribution in [1.82, 2.24) is 14.5 Å². The number of nitrogens with zero attached hydrogens (tertiary/aromatic N) is 4. The summed E-state index contributed by atoms with van der Waals surface area (Å²) < 4.78 is 2.17. The van der Waals surface area contributed by atoms with E-state index in [1.165, 1.54) is 0 Å². The molecule has 1 aliphatic heterocycles. The Kier molecular flexibility index (Phi) is 5.24. The molecule has 2 aliphatic carbocycles. The number of benzene rings is 3.